The van der Waals surface area contributed by atoms with Gasteiger partial charge in [0.2, 0.25) is 0 Å². The first-order chi connectivity index (χ1) is 5.31. The van der Waals surface area contributed by atoms with Crippen LogP contribution in [0.4, 0.5) is 0 Å². The van der Waals surface area contributed by atoms with E-state index in [2.05, 4.69) is 5.32 Å². The summed E-state index contributed by atoms with van der Waals surface area (Å²) in [6, 6.07) is 0. The summed E-state index contributed by atoms with van der Waals surface area (Å²) in [5, 5.41) is 13.2. The van der Waals surface area contributed by atoms with Crippen LogP contribution in [-0.4, -0.2) is 23.8 Å². The molecule has 11 heavy (non-hydrogen) atoms. The standard InChI is InChI=1S/C9H17NO/c11-9(4-5-9)8-2-1-6-10-7-3-8/h8,10-11H,1-7H2. The molecule has 2 nitrogen and oxygen atoms in total. The van der Waals surface area contributed by atoms with Gasteiger partial charge in [-0.1, -0.05) is 0 Å². The third-order valence-electron chi connectivity index (χ3n) is 3.10. The van der Waals surface area contributed by atoms with Crippen LogP contribution < -0.4 is 5.32 Å². The zero-order valence-electron chi connectivity index (χ0n) is 6.97. The summed E-state index contributed by atoms with van der Waals surface area (Å²) in [5.74, 6) is 0.595. The van der Waals surface area contributed by atoms with Gasteiger partial charge in [-0.2, -0.15) is 0 Å². The maximum atomic E-state index is 9.85. The number of aliphatic hydroxyl groups is 1. The first-order valence-corrected chi connectivity index (χ1v) is 4.74. The van der Waals surface area contributed by atoms with Crippen LogP contribution in [0.25, 0.3) is 0 Å². The second kappa shape index (κ2) is 2.76. The largest absolute Gasteiger partial charge is 0.390 e. The van der Waals surface area contributed by atoms with Crippen molar-refractivity contribution in [2.75, 3.05) is 13.1 Å². The summed E-state index contributed by atoms with van der Waals surface area (Å²) in [6.07, 6.45) is 5.75. The van der Waals surface area contributed by atoms with Crippen LogP contribution >= 0.6 is 0 Å². The predicted octanol–water partition coefficient (Wildman–Crippen LogP) is 0.901. The van der Waals surface area contributed by atoms with Gasteiger partial charge in [-0.25, -0.2) is 0 Å². The van der Waals surface area contributed by atoms with Gasteiger partial charge in [0.15, 0.2) is 0 Å². The van der Waals surface area contributed by atoms with Gasteiger partial charge in [0.05, 0.1) is 5.60 Å². The van der Waals surface area contributed by atoms with Gasteiger partial charge in [-0.05, 0) is 51.1 Å². The Morgan fingerprint density at radius 3 is 2.73 bits per heavy atom. The van der Waals surface area contributed by atoms with E-state index in [1.54, 1.807) is 0 Å². The highest BCUT2D eigenvalue weighted by Gasteiger charge is 2.46. The SMILES string of the molecule is OC1(C2CCCNCC2)CC1. The lowest BCUT2D eigenvalue weighted by molar-refractivity contribution is 0.0750. The third kappa shape index (κ3) is 1.57. The van der Waals surface area contributed by atoms with Crippen molar-refractivity contribution >= 4 is 0 Å². The Balaban J connectivity index is 1.90. The highest BCUT2D eigenvalue weighted by molar-refractivity contribution is 4.99. The van der Waals surface area contributed by atoms with Gasteiger partial charge in [0, 0.05) is 0 Å². The van der Waals surface area contributed by atoms with Gasteiger partial charge in [-0.15, -0.1) is 0 Å². The molecule has 1 atom stereocenters. The molecule has 0 spiro atoms. The summed E-state index contributed by atoms with van der Waals surface area (Å²) in [6.45, 7) is 2.25. The Morgan fingerprint density at radius 2 is 2.00 bits per heavy atom. The molecule has 1 saturated carbocycles. The van der Waals surface area contributed by atoms with Crippen molar-refractivity contribution in [1.29, 1.82) is 0 Å². The minimum atomic E-state index is -0.230. The molecular formula is C9H17NO. The highest BCUT2D eigenvalue weighted by atomic mass is 16.3. The molecule has 2 rings (SSSR count). The molecular weight excluding hydrogens is 138 g/mol. The summed E-state index contributed by atoms with van der Waals surface area (Å²) >= 11 is 0. The molecule has 2 N–H and O–H groups in total. The fourth-order valence-electron chi connectivity index (χ4n) is 2.09. The topological polar surface area (TPSA) is 32.3 Å². The fourth-order valence-corrected chi connectivity index (χ4v) is 2.09. The first kappa shape index (κ1) is 7.56. The maximum Gasteiger partial charge on any atom is 0.0678 e. The maximum absolute atomic E-state index is 9.85. The molecule has 1 aliphatic heterocycles. The van der Waals surface area contributed by atoms with Crippen LogP contribution in [-0.2, 0) is 0 Å². The van der Waals surface area contributed by atoms with Crippen molar-refractivity contribution < 1.29 is 5.11 Å². The average molecular weight is 155 g/mol. The minimum absolute atomic E-state index is 0.230. The van der Waals surface area contributed by atoms with E-state index in [0.717, 1.165) is 25.9 Å². The first-order valence-electron chi connectivity index (χ1n) is 4.74. The van der Waals surface area contributed by atoms with Gasteiger partial charge in [-0.3, -0.25) is 0 Å². The lowest BCUT2D eigenvalue weighted by atomic mass is 9.92. The number of nitrogens with one attached hydrogen (secondary N) is 1. The Morgan fingerprint density at radius 1 is 1.18 bits per heavy atom. The van der Waals surface area contributed by atoms with Crippen LogP contribution in [0, 0.1) is 5.92 Å². The number of rotatable bonds is 1. The predicted molar refractivity (Wildman–Crippen MR) is 44.4 cm³/mol. The molecule has 1 heterocycles. The smallest absolute Gasteiger partial charge is 0.0678 e. The van der Waals surface area contributed by atoms with Gasteiger partial charge in [0.1, 0.15) is 0 Å². The van der Waals surface area contributed by atoms with Gasteiger partial charge < -0.3 is 10.4 Å². The van der Waals surface area contributed by atoms with E-state index in [1.165, 1.54) is 19.3 Å². The normalized spacial score (nSPS) is 36.3. The Kier molecular flexibility index (Phi) is 1.90. The van der Waals surface area contributed by atoms with Crippen molar-refractivity contribution in [3.63, 3.8) is 0 Å². The molecule has 0 amide bonds. The number of hydrogen-bond acceptors (Lipinski definition) is 2. The molecule has 0 radical (unpaired) electrons. The Bertz CT molecular complexity index is 134. The van der Waals surface area contributed by atoms with Gasteiger partial charge in [0.25, 0.3) is 0 Å². The van der Waals surface area contributed by atoms with Crippen LogP contribution in [0.15, 0.2) is 0 Å². The molecule has 2 fully saturated rings. The quantitative estimate of drug-likeness (QED) is 0.589. The molecule has 1 unspecified atom stereocenters. The summed E-state index contributed by atoms with van der Waals surface area (Å²) < 4.78 is 0. The van der Waals surface area contributed by atoms with Crippen LogP contribution in [0.2, 0.25) is 0 Å². The molecule has 1 aliphatic carbocycles. The second-order valence-electron chi connectivity index (χ2n) is 3.98. The van der Waals surface area contributed by atoms with Crippen molar-refractivity contribution in [2.24, 2.45) is 5.92 Å². The van der Waals surface area contributed by atoms with E-state index in [0.29, 0.717) is 5.92 Å². The zero-order chi connectivity index (χ0) is 7.73. The van der Waals surface area contributed by atoms with Crippen molar-refractivity contribution in [3.8, 4) is 0 Å². The molecule has 64 valence electrons. The number of hydrogen-bond donors (Lipinski definition) is 2. The van der Waals surface area contributed by atoms with Crippen molar-refractivity contribution in [1.82, 2.24) is 5.32 Å². The highest BCUT2D eigenvalue weighted by Crippen LogP contribution is 2.45. The summed E-state index contributed by atoms with van der Waals surface area (Å²) in [7, 11) is 0. The molecule has 0 aromatic heterocycles. The summed E-state index contributed by atoms with van der Waals surface area (Å²) in [5.41, 5.74) is -0.230. The summed E-state index contributed by atoms with van der Waals surface area (Å²) in [4.78, 5) is 0. The zero-order valence-corrected chi connectivity index (χ0v) is 6.97. The average Bonchev–Trinajstić information content (AvgIpc) is 2.73. The minimum Gasteiger partial charge on any atom is -0.390 e. The van der Waals surface area contributed by atoms with Gasteiger partial charge >= 0.3 is 0 Å². The monoisotopic (exact) mass is 155 g/mol. The molecule has 0 aromatic carbocycles. The van der Waals surface area contributed by atoms with Crippen molar-refractivity contribution in [3.05, 3.63) is 0 Å². The lowest BCUT2D eigenvalue weighted by Gasteiger charge is -2.19. The molecule has 0 aromatic rings. The third-order valence-corrected chi connectivity index (χ3v) is 3.10. The van der Waals surface area contributed by atoms with E-state index in [9.17, 15) is 5.11 Å². The molecule has 0 bridgehead atoms. The van der Waals surface area contributed by atoms with E-state index >= 15 is 0 Å². The molecule has 2 heteroatoms. The van der Waals surface area contributed by atoms with E-state index < -0.39 is 0 Å². The Hall–Kier alpha value is -0.0800. The van der Waals surface area contributed by atoms with Crippen LogP contribution in [0.3, 0.4) is 0 Å². The second-order valence-corrected chi connectivity index (χ2v) is 3.98. The van der Waals surface area contributed by atoms with E-state index in [-0.39, 0.29) is 5.60 Å². The molecule has 2 aliphatic rings. The van der Waals surface area contributed by atoms with E-state index in [4.69, 9.17) is 0 Å². The van der Waals surface area contributed by atoms with Crippen molar-refractivity contribution in [2.45, 2.75) is 37.7 Å². The van der Waals surface area contributed by atoms with Crippen LogP contribution in [0.5, 0.6) is 0 Å². The Labute approximate surface area is 68.0 Å². The van der Waals surface area contributed by atoms with Crippen LogP contribution in [0.1, 0.15) is 32.1 Å². The fraction of sp³-hybridized carbons (Fsp3) is 1.00. The van der Waals surface area contributed by atoms with E-state index in [1.807, 2.05) is 0 Å². The molecule has 1 saturated heterocycles. The lowest BCUT2D eigenvalue weighted by Crippen LogP contribution is -2.23.